The maximum Gasteiger partial charge on any atom is 0 e. The third kappa shape index (κ3) is 9.38. The van der Waals surface area contributed by atoms with Crippen molar-refractivity contribution in [3.05, 3.63) is 0 Å². The van der Waals surface area contributed by atoms with E-state index < -0.39 is 0 Å². The second-order valence-electron chi connectivity index (χ2n) is 0. The Morgan fingerprint density at radius 2 is 1.00 bits per heavy atom. The van der Waals surface area contributed by atoms with Gasteiger partial charge in [-0.3, -0.25) is 0 Å². The maximum atomic E-state index is 0. The van der Waals surface area contributed by atoms with E-state index in [1.807, 2.05) is 0 Å². The average molecular weight is 185 g/mol. The summed E-state index contributed by atoms with van der Waals surface area (Å²) in [6.07, 6.45) is 0. The fraction of sp³-hybridized carbons (Fsp3) is 1.00. The van der Waals surface area contributed by atoms with Gasteiger partial charge in [-0.2, -0.15) is 0 Å². The molecule has 0 aromatic carbocycles. The van der Waals surface area contributed by atoms with Crippen LogP contribution in [0.15, 0.2) is 0 Å². The summed E-state index contributed by atoms with van der Waals surface area (Å²) < 4.78 is 0. The van der Waals surface area contributed by atoms with E-state index in [1.54, 1.807) is 0 Å². The summed E-state index contributed by atoms with van der Waals surface area (Å²) in [7, 11) is 0. The molecule has 4 heavy (non-hydrogen) atoms. The molecule has 0 fully saturated rings. The van der Waals surface area contributed by atoms with Crippen LogP contribution >= 0.6 is 0 Å². The van der Waals surface area contributed by atoms with Crippen molar-refractivity contribution in [3.63, 3.8) is 0 Å². The van der Waals surface area contributed by atoms with E-state index in [1.165, 1.54) is 0 Å². The van der Waals surface area contributed by atoms with Crippen molar-refractivity contribution < 1.29 is 44.1 Å². The standard InChI is InChI=1S/CH4.Nb.Si.Ti/h1H4;;;. The normalized spacial score (nSPS) is 0. The molecule has 0 nitrogen and oxygen atoms in total. The van der Waals surface area contributed by atoms with Crippen LogP contribution < -0.4 is 0 Å². The molecule has 0 saturated heterocycles. The molecule has 0 aliphatic heterocycles. The topological polar surface area (TPSA) is 0 Å². The summed E-state index contributed by atoms with van der Waals surface area (Å²) >= 11 is 0. The molecule has 0 atom stereocenters. The van der Waals surface area contributed by atoms with Crippen molar-refractivity contribution in [1.82, 2.24) is 0 Å². The molecule has 0 aliphatic rings. The van der Waals surface area contributed by atoms with Crippen LogP contribution in [0.4, 0.5) is 0 Å². The van der Waals surface area contributed by atoms with Gasteiger partial charge in [0.05, 0.1) is 0 Å². The van der Waals surface area contributed by atoms with Gasteiger partial charge in [0.15, 0.2) is 0 Å². The zero-order valence-electron chi connectivity index (χ0n) is 1.45. The van der Waals surface area contributed by atoms with Crippen LogP contribution in [0.25, 0.3) is 0 Å². The van der Waals surface area contributed by atoms with Crippen molar-refractivity contribution in [2.75, 3.05) is 0 Å². The Kier molecular flexibility index (Phi) is 250. The van der Waals surface area contributed by atoms with Crippen molar-refractivity contribution in [2.45, 2.75) is 7.43 Å². The molecule has 3 heteroatoms. The molecule has 0 saturated carbocycles. The Labute approximate surface area is 62.2 Å². The summed E-state index contributed by atoms with van der Waals surface area (Å²) in [6.45, 7) is 0. The minimum Gasteiger partial charge on any atom is -0.0776 e. The fourth-order valence-corrected chi connectivity index (χ4v) is 0. The molecule has 0 bridgehead atoms. The molecule has 0 amide bonds. The van der Waals surface area contributed by atoms with Crippen LogP contribution in [0, 0.1) is 0 Å². The first kappa shape index (κ1) is 44.3. The van der Waals surface area contributed by atoms with Crippen LogP contribution in [0.1, 0.15) is 7.43 Å². The number of hydrogen-bond donors (Lipinski definition) is 0. The fourth-order valence-electron chi connectivity index (χ4n) is 0. The van der Waals surface area contributed by atoms with Crippen molar-refractivity contribution in [3.8, 4) is 0 Å². The minimum atomic E-state index is 0. The summed E-state index contributed by atoms with van der Waals surface area (Å²) in [5, 5.41) is 0. The van der Waals surface area contributed by atoms with Gasteiger partial charge in [0.1, 0.15) is 0 Å². The zero-order chi connectivity index (χ0) is 0. The van der Waals surface area contributed by atoms with Gasteiger partial charge in [0.2, 0.25) is 0 Å². The molecule has 0 aliphatic carbocycles. The van der Waals surface area contributed by atoms with E-state index >= 15 is 0 Å². The van der Waals surface area contributed by atoms with Crippen LogP contribution in [0.5, 0.6) is 0 Å². The largest absolute Gasteiger partial charge is 0.0776 e. The van der Waals surface area contributed by atoms with Crippen LogP contribution in [-0.2, 0) is 44.1 Å². The molecule has 0 heterocycles. The third-order valence-electron chi connectivity index (χ3n) is 0. The Bertz CT molecular complexity index is 8.00. The van der Waals surface area contributed by atoms with E-state index in [4.69, 9.17) is 0 Å². The number of hydrogen-bond acceptors (Lipinski definition) is 0. The van der Waals surface area contributed by atoms with Crippen molar-refractivity contribution >= 4 is 11.0 Å². The Balaban J connectivity index is 0. The monoisotopic (exact) mass is 185 g/mol. The van der Waals surface area contributed by atoms with Gasteiger partial charge in [-0.15, -0.1) is 0 Å². The Hall–Kier alpha value is 1.67. The zero-order valence-corrected chi connectivity index (χ0v) is 6.21. The number of rotatable bonds is 0. The summed E-state index contributed by atoms with van der Waals surface area (Å²) in [5.74, 6) is 0. The second-order valence-corrected chi connectivity index (χ2v) is 0. The second kappa shape index (κ2) is 22.5. The van der Waals surface area contributed by atoms with Crippen molar-refractivity contribution in [2.24, 2.45) is 0 Å². The quantitative estimate of drug-likeness (QED) is 0.474. The molecular weight excluding hydrogens is 181 g/mol. The molecule has 0 rings (SSSR count). The molecule has 0 N–H and O–H groups in total. The van der Waals surface area contributed by atoms with Crippen LogP contribution in [-0.4, -0.2) is 11.0 Å². The average Bonchev–Trinajstić information content (AvgIpc) is 0. The van der Waals surface area contributed by atoms with E-state index in [-0.39, 0.29) is 62.5 Å². The molecule has 0 aromatic rings. The van der Waals surface area contributed by atoms with Crippen LogP contribution in [0.2, 0.25) is 0 Å². The molecule has 5 radical (unpaired) electrons. The summed E-state index contributed by atoms with van der Waals surface area (Å²) in [6, 6.07) is 0. The van der Waals surface area contributed by atoms with E-state index in [0.29, 0.717) is 0 Å². The maximum absolute atomic E-state index is 0. The minimum absolute atomic E-state index is 0. The van der Waals surface area contributed by atoms with Crippen molar-refractivity contribution in [1.29, 1.82) is 0 Å². The summed E-state index contributed by atoms with van der Waals surface area (Å²) in [5.41, 5.74) is 0. The summed E-state index contributed by atoms with van der Waals surface area (Å²) in [4.78, 5) is 0. The molecule has 0 unspecified atom stereocenters. The van der Waals surface area contributed by atoms with Gasteiger partial charge >= 0.3 is 0 Å². The Morgan fingerprint density at radius 3 is 1.00 bits per heavy atom. The molecule has 0 aromatic heterocycles. The third-order valence-corrected chi connectivity index (χ3v) is 0. The van der Waals surface area contributed by atoms with Gasteiger partial charge in [-0.1, -0.05) is 7.43 Å². The van der Waals surface area contributed by atoms with Gasteiger partial charge < -0.3 is 0 Å². The molecule has 21 valence electrons. The van der Waals surface area contributed by atoms with Gasteiger partial charge in [0.25, 0.3) is 0 Å². The first-order valence-electron chi connectivity index (χ1n) is 0. The molecular formula is CH4NbSiTi. The first-order chi connectivity index (χ1) is 0. The van der Waals surface area contributed by atoms with E-state index in [2.05, 4.69) is 0 Å². The van der Waals surface area contributed by atoms with Gasteiger partial charge in [-0.05, 0) is 0 Å². The predicted octanol–water partition coefficient (Wildman–Crippen LogP) is 0.250. The van der Waals surface area contributed by atoms with Gasteiger partial charge in [-0.25, -0.2) is 0 Å². The van der Waals surface area contributed by atoms with E-state index in [9.17, 15) is 0 Å². The van der Waals surface area contributed by atoms with E-state index in [0.717, 1.165) is 0 Å². The van der Waals surface area contributed by atoms with Crippen LogP contribution in [0.3, 0.4) is 0 Å². The molecule has 0 spiro atoms. The smallest absolute Gasteiger partial charge is 0 e. The van der Waals surface area contributed by atoms with Gasteiger partial charge in [0, 0.05) is 55.1 Å². The Morgan fingerprint density at radius 1 is 1.00 bits per heavy atom. The predicted molar refractivity (Wildman–Crippen MR) is 12.5 cm³/mol. The first-order valence-corrected chi connectivity index (χ1v) is 0. The SMILES string of the molecule is C.[Nb].[Si].[Ti].